The summed E-state index contributed by atoms with van der Waals surface area (Å²) in [5.74, 6) is 1.28. The molecule has 0 fully saturated rings. The molecule has 0 aromatic carbocycles. The zero-order valence-electron chi connectivity index (χ0n) is 6.60. The lowest BCUT2D eigenvalue weighted by Crippen LogP contribution is -1.92. The molecule has 0 radical (unpaired) electrons. The van der Waals surface area contributed by atoms with E-state index in [-0.39, 0.29) is 0 Å². The topological polar surface area (TPSA) is 22.1 Å². The number of ether oxygens (including phenoxy) is 1. The number of rotatable bonds is 2. The van der Waals surface area contributed by atoms with Crippen LogP contribution < -0.4 is 4.74 Å². The van der Waals surface area contributed by atoms with Crippen molar-refractivity contribution in [3.63, 3.8) is 0 Å². The maximum atomic E-state index is 5.67. The fraction of sp³-hybridized carbons (Fsp3) is 0.375. The monoisotopic (exact) mass is 171 g/mol. The quantitative estimate of drug-likeness (QED) is 0.637. The third kappa shape index (κ3) is 1.63. The molecular weight excluding hydrogens is 162 g/mol. The molecule has 3 heteroatoms. The second kappa shape index (κ2) is 3.58. The van der Waals surface area contributed by atoms with Crippen molar-refractivity contribution in [2.75, 3.05) is 7.11 Å². The molecule has 0 spiro atoms. The molecule has 0 bridgehead atoms. The van der Waals surface area contributed by atoms with Crippen molar-refractivity contribution >= 4 is 11.6 Å². The third-order valence-electron chi connectivity index (χ3n) is 1.64. The van der Waals surface area contributed by atoms with E-state index in [1.54, 1.807) is 19.5 Å². The number of hydrogen-bond donors (Lipinski definition) is 0. The van der Waals surface area contributed by atoms with Crippen molar-refractivity contribution in [2.45, 2.75) is 12.8 Å². The first-order valence-corrected chi connectivity index (χ1v) is 3.86. The summed E-state index contributed by atoms with van der Waals surface area (Å²) in [6.07, 6.45) is 3.44. The van der Waals surface area contributed by atoms with Gasteiger partial charge in [0.05, 0.1) is 13.3 Å². The summed E-state index contributed by atoms with van der Waals surface area (Å²) in [6, 6.07) is 0. The average Bonchev–Trinajstić information content (AvgIpc) is 2.05. The van der Waals surface area contributed by atoms with E-state index in [1.807, 2.05) is 6.92 Å². The van der Waals surface area contributed by atoms with E-state index in [4.69, 9.17) is 16.3 Å². The van der Waals surface area contributed by atoms with E-state index >= 15 is 0 Å². The van der Waals surface area contributed by atoms with E-state index in [0.717, 1.165) is 16.9 Å². The first-order chi connectivity index (χ1) is 5.29. The van der Waals surface area contributed by atoms with Gasteiger partial charge >= 0.3 is 0 Å². The number of nitrogens with zero attached hydrogens (tertiary/aromatic N) is 1. The zero-order chi connectivity index (χ0) is 8.27. The molecule has 2 nitrogen and oxygen atoms in total. The smallest absolute Gasteiger partial charge is 0.140 e. The number of alkyl halides is 1. The van der Waals surface area contributed by atoms with Crippen LogP contribution >= 0.6 is 11.6 Å². The largest absolute Gasteiger partial charge is 0.495 e. The lowest BCUT2D eigenvalue weighted by molar-refractivity contribution is 0.409. The molecule has 1 aromatic rings. The number of hydrogen-bond acceptors (Lipinski definition) is 2. The molecule has 0 aliphatic heterocycles. The Morgan fingerprint density at radius 2 is 2.27 bits per heavy atom. The van der Waals surface area contributed by atoms with E-state index < -0.39 is 0 Å². The van der Waals surface area contributed by atoms with Crippen LogP contribution in [0.25, 0.3) is 0 Å². The minimum absolute atomic E-state index is 0.482. The van der Waals surface area contributed by atoms with Gasteiger partial charge in [0.1, 0.15) is 5.75 Å². The van der Waals surface area contributed by atoms with Gasteiger partial charge in [0, 0.05) is 12.1 Å². The average molecular weight is 172 g/mol. The standard InChI is InChI=1S/C8H10ClNO/c1-6-7(3-9)4-10-5-8(6)11-2/h4-5H,3H2,1-2H3. The maximum absolute atomic E-state index is 5.67. The molecule has 0 saturated carbocycles. The van der Waals surface area contributed by atoms with Gasteiger partial charge in [-0.25, -0.2) is 0 Å². The van der Waals surface area contributed by atoms with Gasteiger partial charge in [0.25, 0.3) is 0 Å². The summed E-state index contributed by atoms with van der Waals surface area (Å²) in [6.45, 7) is 1.97. The molecular formula is C8H10ClNO. The lowest BCUT2D eigenvalue weighted by atomic mass is 10.2. The van der Waals surface area contributed by atoms with Gasteiger partial charge < -0.3 is 4.74 Å². The van der Waals surface area contributed by atoms with Gasteiger partial charge in [0.15, 0.2) is 0 Å². The van der Waals surface area contributed by atoms with Crippen LogP contribution in [0.15, 0.2) is 12.4 Å². The summed E-state index contributed by atoms with van der Waals surface area (Å²) in [4.78, 5) is 3.98. The highest BCUT2D eigenvalue weighted by molar-refractivity contribution is 6.17. The second-order valence-corrected chi connectivity index (χ2v) is 2.53. The van der Waals surface area contributed by atoms with E-state index in [2.05, 4.69) is 4.98 Å². The summed E-state index contributed by atoms with van der Waals surface area (Å²) in [5.41, 5.74) is 2.09. The number of aromatic nitrogens is 1. The molecule has 0 aliphatic rings. The predicted octanol–water partition coefficient (Wildman–Crippen LogP) is 2.14. The van der Waals surface area contributed by atoms with E-state index in [9.17, 15) is 0 Å². The Morgan fingerprint density at radius 3 is 2.82 bits per heavy atom. The van der Waals surface area contributed by atoms with Crippen molar-refractivity contribution in [1.29, 1.82) is 0 Å². The number of pyridine rings is 1. The lowest BCUT2D eigenvalue weighted by Gasteiger charge is -2.05. The van der Waals surface area contributed by atoms with Crippen molar-refractivity contribution in [3.8, 4) is 5.75 Å². The molecule has 0 N–H and O–H groups in total. The Morgan fingerprint density at radius 1 is 1.55 bits per heavy atom. The Balaban J connectivity index is 3.10. The Kier molecular flexibility index (Phi) is 2.71. The summed E-state index contributed by atoms with van der Waals surface area (Å²) in [7, 11) is 1.63. The molecule has 1 rings (SSSR count). The Bertz CT molecular complexity index is 228. The van der Waals surface area contributed by atoms with Crippen molar-refractivity contribution in [3.05, 3.63) is 23.5 Å². The fourth-order valence-electron chi connectivity index (χ4n) is 0.887. The molecule has 60 valence electrons. The molecule has 1 aromatic heterocycles. The molecule has 0 atom stereocenters. The van der Waals surface area contributed by atoms with E-state index in [1.165, 1.54) is 0 Å². The van der Waals surface area contributed by atoms with Gasteiger partial charge in [-0.3, -0.25) is 4.98 Å². The van der Waals surface area contributed by atoms with Crippen LogP contribution in [0.2, 0.25) is 0 Å². The van der Waals surface area contributed by atoms with Crippen molar-refractivity contribution in [1.82, 2.24) is 4.98 Å². The van der Waals surface area contributed by atoms with Gasteiger partial charge in [-0.05, 0) is 18.1 Å². The zero-order valence-corrected chi connectivity index (χ0v) is 7.35. The van der Waals surface area contributed by atoms with Crippen LogP contribution in [0.5, 0.6) is 5.75 Å². The summed E-state index contributed by atoms with van der Waals surface area (Å²) < 4.78 is 5.07. The van der Waals surface area contributed by atoms with Crippen molar-refractivity contribution < 1.29 is 4.74 Å². The first kappa shape index (κ1) is 8.34. The highest BCUT2D eigenvalue weighted by atomic mass is 35.5. The summed E-state index contributed by atoms with van der Waals surface area (Å²) in [5, 5.41) is 0. The molecule has 0 amide bonds. The number of halogens is 1. The molecule has 0 aliphatic carbocycles. The molecule has 0 unspecified atom stereocenters. The van der Waals surface area contributed by atoms with Crippen LogP contribution in [-0.2, 0) is 5.88 Å². The van der Waals surface area contributed by atoms with Crippen LogP contribution in [-0.4, -0.2) is 12.1 Å². The van der Waals surface area contributed by atoms with Crippen LogP contribution in [0.4, 0.5) is 0 Å². The minimum Gasteiger partial charge on any atom is -0.495 e. The van der Waals surface area contributed by atoms with Gasteiger partial charge in [-0.2, -0.15) is 0 Å². The predicted molar refractivity (Wildman–Crippen MR) is 45.1 cm³/mol. The van der Waals surface area contributed by atoms with Gasteiger partial charge in [-0.15, -0.1) is 11.6 Å². The SMILES string of the molecule is COc1cncc(CCl)c1C. The highest BCUT2D eigenvalue weighted by Gasteiger charge is 2.02. The third-order valence-corrected chi connectivity index (χ3v) is 1.93. The van der Waals surface area contributed by atoms with Gasteiger partial charge in [-0.1, -0.05) is 0 Å². The normalized spacial score (nSPS) is 9.73. The van der Waals surface area contributed by atoms with Crippen LogP contribution in [0.3, 0.4) is 0 Å². The maximum Gasteiger partial charge on any atom is 0.140 e. The summed E-state index contributed by atoms with van der Waals surface area (Å²) >= 11 is 5.67. The van der Waals surface area contributed by atoms with Crippen LogP contribution in [0.1, 0.15) is 11.1 Å². The Hall–Kier alpha value is -0.760. The van der Waals surface area contributed by atoms with Crippen LogP contribution in [0, 0.1) is 6.92 Å². The second-order valence-electron chi connectivity index (χ2n) is 2.26. The molecule has 11 heavy (non-hydrogen) atoms. The molecule has 1 heterocycles. The van der Waals surface area contributed by atoms with E-state index in [0.29, 0.717) is 5.88 Å². The molecule has 0 saturated heterocycles. The highest BCUT2D eigenvalue weighted by Crippen LogP contribution is 2.19. The number of methoxy groups -OCH3 is 1. The first-order valence-electron chi connectivity index (χ1n) is 3.33. The minimum atomic E-state index is 0.482. The van der Waals surface area contributed by atoms with Crippen molar-refractivity contribution in [2.24, 2.45) is 0 Å². The Labute approximate surface area is 71.2 Å². The van der Waals surface area contributed by atoms with Gasteiger partial charge in [0.2, 0.25) is 0 Å². The fourth-order valence-corrected chi connectivity index (χ4v) is 1.16.